The number of carbonyl (C=O) groups excluding carboxylic acids is 1. The monoisotopic (exact) mass is 392 g/mol. The Kier molecular flexibility index (Phi) is 4.48. The maximum Gasteiger partial charge on any atom is 0.178 e. The van der Waals surface area contributed by atoms with Crippen LogP contribution in [0.25, 0.3) is 0 Å². The highest BCUT2D eigenvalue weighted by atomic mass is 127. The largest absolute Gasteiger partial charge is 0.293 e. The lowest BCUT2D eigenvalue weighted by atomic mass is 10.1. The van der Waals surface area contributed by atoms with Crippen LogP contribution in [0.2, 0.25) is 5.02 Å². The van der Waals surface area contributed by atoms with Crippen molar-refractivity contribution in [3.05, 3.63) is 30.8 Å². The minimum Gasteiger partial charge on any atom is -0.293 e. The summed E-state index contributed by atoms with van der Waals surface area (Å²) in [7, 11) is 0. The smallest absolute Gasteiger partial charge is 0.178 e. The van der Waals surface area contributed by atoms with Crippen LogP contribution in [0, 0.1) is 3.57 Å². The van der Waals surface area contributed by atoms with E-state index in [-0.39, 0.29) is 11.7 Å². The molecule has 0 aliphatic rings. The lowest BCUT2D eigenvalue weighted by Gasteiger charge is -2.04. The van der Waals surface area contributed by atoms with Crippen molar-refractivity contribution >= 4 is 67.5 Å². The fraction of sp³-hybridized carbons (Fsp3) is 0.125. The van der Waals surface area contributed by atoms with Gasteiger partial charge in [-0.3, -0.25) is 4.79 Å². The predicted octanol–water partition coefficient (Wildman–Crippen LogP) is 4.13. The summed E-state index contributed by atoms with van der Waals surface area (Å²) in [4.78, 5) is 11.3. The van der Waals surface area contributed by atoms with Gasteiger partial charge < -0.3 is 0 Å². The summed E-state index contributed by atoms with van der Waals surface area (Å²) >= 11 is 16.7. The molecule has 0 heterocycles. The molecule has 0 saturated heterocycles. The summed E-state index contributed by atoms with van der Waals surface area (Å²) in [6.07, 6.45) is 0. The number of halogens is 4. The fourth-order valence-corrected chi connectivity index (χ4v) is 2.51. The Balaban J connectivity index is 3.26. The van der Waals surface area contributed by atoms with Gasteiger partial charge in [-0.05, 0) is 50.7 Å². The van der Waals surface area contributed by atoms with Gasteiger partial charge in [0.25, 0.3) is 0 Å². The molecule has 1 aromatic rings. The predicted molar refractivity (Wildman–Crippen MR) is 66.9 cm³/mol. The summed E-state index contributed by atoms with van der Waals surface area (Å²) in [5, 5.41) is 0.552. The molecular formula is C8H4BrCl2IO. The maximum atomic E-state index is 11.3. The van der Waals surface area contributed by atoms with Crippen LogP contribution >= 0.6 is 61.7 Å². The van der Waals surface area contributed by atoms with E-state index in [1.807, 2.05) is 0 Å². The zero-order chi connectivity index (χ0) is 10.0. The molecule has 5 heteroatoms. The Morgan fingerprint density at radius 2 is 2.15 bits per heavy atom. The van der Waals surface area contributed by atoms with Crippen molar-refractivity contribution in [3.63, 3.8) is 0 Å². The Morgan fingerprint density at radius 1 is 1.54 bits per heavy atom. The van der Waals surface area contributed by atoms with Gasteiger partial charge in [-0.2, -0.15) is 0 Å². The van der Waals surface area contributed by atoms with E-state index < -0.39 is 0 Å². The van der Waals surface area contributed by atoms with Crippen LogP contribution in [0.4, 0.5) is 0 Å². The van der Waals surface area contributed by atoms with Crippen molar-refractivity contribution in [1.29, 1.82) is 0 Å². The van der Waals surface area contributed by atoms with E-state index in [4.69, 9.17) is 23.2 Å². The van der Waals surface area contributed by atoms with E-state index >= 15 is 0 Å². The lowest BCUT2D eigenvalue weighted by Crippen LogP contribution is -2.01. The van der Waals surface area contributed by atoms with E-state index in [1.165, 1.54) is 0 Å². The van der Waals surface area contributed by atoms with E-state index in [0.29, 0.717) is 15.1 Å². The highest BCUT2D eigenvalue weighted by Crippen LogP contribution is 2.31. The molecule has 0 N–H and O–H groups in total. The van der Waals surface area contributed by atoms with E-state index in [1.54, 1.807) is 12.1 Å². The molecule has 0 amide bonds. The highest BCUT2D eigenvalue weighted by Gasteiger charge is 2.13. The topological polar surface area (TPSA) is 17.1 Å². The number of Topliss-reactive ketones (excluding diaryl/α,β-unsaturated/α-hetero) is 1. The number of alkyl halides is 1. The SMILES string of the molecule is O=C(CCl)c1ccc(I)c(Cl)c1Br. The van der Waals surface area contributed by atoms with Crippen LogP contribution in [0.5, 0.6) is 0 Å². The number of ketones is 1. The van der Waals surface area contributed by atoms with E-state index in [0.717, 1.165) is 3.57 Å². The second-order valence-electron chi connectivity index (χ2n) is 2.28. The molecule has 13 heavy (non-hydrogen) atoms. The zero-order valence-corrected chi connectivity index (χ0v) is 11.5. The van der Waals surface area contributed by atoms with Crippen molar-refractivity contribution in [1.82, 2.24) is 0 Å². The van der Waals surface area contributed by atoms with Gasteiger partial charge in [0, 0.05) is 13.6 Å². The van der Waals surface area contributed by atoms with Gasteiger partial charge in [0.05, 0.1) is 10.9 Å². The first-order chi connectivity index (χ1) is 6.07. The van der Waals surface area contributed by atoms with Crippen LogP contribution in [0.1, 0.15) is 10.4 Å². The Bertz CT molecular complexity index is 354. The summed E-state index contributed by atoms with van der Waals surface area (Å²) in [6.45, 7) is 0. The molecule has 0 spiro atoms. The van der Waals surface area contributed by atoms with Gasteiger partial charge in [-0.15, -0.1) is 11.6 Å². The molecule has 0 unspecified atom stereocenters. The number of benzene rings is 1. The number of carbonyl (C=O) groups is 1. The molecule has 0 aliphatic heterocycles. The van der Waals surface area contributed by atoms with Crippen LogP contribution < -0.4 is 0 Å². The summed E-state index contributed by atoms with van der Waals surface area (Å²) in [5.41, 5.74) is 0.528. The Hall–Kier alpha value is 0.680. The van der Waals surface area contributed by atoms with Crippen LogP contribution in [0.15, 0.2) is 16.6 Å². The third kappa shape index (κ3) is 2.58. The maximum absolute atomic E-state index is 11.3. The van der Waals surface area contributed by atoms with Crippen molar-refractivity contribution in [2.75, 3.05) is 5.88 Å². The molecule has 0 aliphatic carbocycles. The number of rotatable bonds is 2. The minimum absolute atomic E-state index is 0.0322. The van der Waals surface area contributed by atoms with Crippen molar-refractivity contribution in [3.8, 4) is 0 Å². The first-order valence-corrected chi connectivity index (χ1v) is 6.09. The van der Waals surface area contributed by atoms with E-state index in [9.17, 15) is 4.79 Å². The van der Waals surface area contributed by atoms with Gasteiger partial charge in [-0.1, -0.05) is 11.6 Å². The molecule has 1 nitrogen and oxygen atoms in total. The molecule has 0 radical (unpaired) electrons. The first kappa shape index (κ1) is 11.8. The molecule has 1 rings (SSSR count). The molecule has 0 fully saturated rings. The van der Waals surface area contributed by atoms with Gasteiger partial charge >= 0.3 is 0 Å². The van der Waals surface area contributed by atoms with Crippen molar-refractivity contribution in [2.45, 2.75) is 0 Å². The summed E-state index contributed by atoms with van der Waals surface area (Å²) in [5.74, 6) is -0.165. The molecular weight excluding hydrogens is 390 g/mol. The van der Waals surface area contributed by atoms with Crippen molar-refractivity contribution in [2.24, 2.45) is 0 Å². The van der Waals surface area contributed by atoms with Gasteiger partial charge in [0.2, 0.25) is 0 Å². The average Bonchev–Trinajstić information content (AvgIpc) is 2.13. The van der Waals surface area contributed by atoms with Crippen LogP contribution in [-0.4, -0.2) is 11.7 Å². The highest BCUT2D eigenvalue weighted by molar-refractivity contribution is 14.1. The summed E-state index contributed by atoms with van der Waals surface area (Å²) < 4.78 is 1.52. The molecule has 0 atom stereocenters. The van der Waals surface area contributed by atoms with Gasteiger partial charge in [0.15, 0.2) is 5.78 Å². The zero-order valence-electron chi connectivity index (χ0n) is 6.28. The number of hydrogen-bond acceptors (Lipinski definition) is 1. The lowest BCUT2D eigenvalue weighted by molar-refractivity contribution is 0.102. The molecule has 1 aromatic carbocycles. The summed E-state index contributed by atoms with van der Waals surface area (Å²) in [6, 6.07) is 3.50. The second kappa shape index (κ2) is 4.96. The fourth-order valence-electron chi connectivity index (χ4n) is 0.813. The molecule has 0 saturated carbocycles. The van der Waals surface area contributed by atoms with Gasteiger partial charge in [0.1, 0.15) is 0 Å². The minimum atomic E-state index is -0.133. The molecule has 0 bridgehead atoms. The standard InChI is InChI=1S/C8H4BrCl2IO/c9-7-4(6(13)3-10)1-2-5(12)8(7)11/h1-2H,3H2. The van der Waals surface area contributed by atoms with E-state index in [2.05, 4.69) is 38.5 Å². The normalized spacial score (nSPS) is 10.2. The first-order valence-electron chi connectivity index (χ1n) is 3.30. The quantitative estimate of drug-likeness (QED) is 0.319. The van der Waals surface area contributed by atoms with Crippen LogP contribution in [-0.2, 0) is 0 Å². The third-order valence-electron chi connectivity index (χ3n) is 1.46. The second-order valence-corrected chi connectivity index (χ2v) is 4.88. The third-order valence-corrected chi connectivity index (χ3v) is 4.36. The molecule has 70 valence electrons. The Morgan fingerprint density at radius 3 is 2.69 bits per heavy atom. The number of hydrogen-bond donors (Lipinski definition) is 0. The molecule has 0 aromatic heterocycles. The Labute approximate surface area is 108 Å². The average molecular weight is 394 g/mol. The van der Waals surface area contributed by atoms with Gasteiger partial charge in [-0.25, -0.2) is 0 Å². The van der Waals surface area contributed by atoms with Crippen molar-refractivity contribution < 1.29 is 4.79 Å². The van der Waals surface area contributed by atoms with Crippen LogP contribution in [0.3, 0.4) is 0 Å².